The van der Waals surface area contributed by atoms with E-state index < -0.39 is 21.6 Å². The van der Waals surface area contributed by atoms with Gasteiger partial charge >= 0.3 is 5.97 Å². The third kappa shape index (κ3) is 4.76. The lowest BCUT2D eigenvalue weighted by atomic mass is 9.81. The molecule has 2 N–H and O–H groups in total. The highest BCUT2D eigenvalue weighted by Gasteiger charge is 2.36. The van der Waals surface area contributed by atoms with Gasteiger partial charge in [-0.1, -0.05) is 18.5 Å². The number of nitrogens with two attached hydrogens (primary N) is 1. The smallest absolute Gasteiger partial charge is 0.340 e. The molecule has 0 saturated carbocycles. The minimum absolute atomic E-state index is 0.0421. The van der Waals surface area contributed by atoms with E-state index in [4.69, 9.17) is 22.1 Å². The van der Waals surface area contributed by atoms with Gasteiger partial charge in [-0.15, -0.1) is 0 Å². The molecule has 26 heavy (non-hydrogen) atoms. The molecule has 0 radical (unpaired) electrons. The molecule has 1 aromatic carbocycles. The molecule has 146 valence electrons. The van der Waals surface area contributed by atoms with Crippen LogP contribution in [0.25, 0.3) is 0 Å². The van der Waals surface area contributed by atoms with E-state index in [-0.39, 0.29) is 20.9 Å². The average molecular weight is 403 g/mol. The van der Waals surface area contributed by atoms with Crippen molar-refractivity contribution >= 4 is 27.6 Å². The predicted octanol–water partition coefficient (Wildman–Crippen LogP) is 3.04. The molecule has 1 aliphatic heterocycles. The highest BCUT2D eigenvalue weighted by atomic mass is 35.5. The van der Waals surface area contributed by atoms with E-state index in [0.717, 1.165) is 0 Å². The molecule has 2 rings (SSSR count). The molecule has 0 amide bonds. The Kier molecular flexibility index (Phi) is 6.07. The van der Waals surface area contributed by atoms with Gasteiger partial charge in [0.15, 0.2) is 0 Å². The van der Waals surface area contributed by atoms with Crippen molar-refractivity contribution < 1.29 is 17.9 Å². The second kappa shape index (κ2) is 7.46. The van der Waals surface area contributed by atoms with E-state index in [0.29, 0.717) is 32.5 Å². The van der Waals surface area contributed by atoms with Crippen LogP contribution in [0.3, 0.4) is 0 Å². The molecule has 1 heterocycles. The third-order valence-corrected chi connectivity index (χ3v) is 6.79. The molecule has 1 aromatic rings. The maximum absolute atomic E-state index is 13.1. The first kappa shape index (κ1) is 21.2. The second-order valence-electron chi connectivity index (χ2n) is 8.06. The summed E-state index contributed by atoms with van der Waals surface area (Å²) in [7, 11) is -3.84. The standard InChI is InChI=1S/C18H27ClN2O4S/c1-17(2,3)25-16(22)14-11-13(19)5-6-15(14)26(23,24)21-9-7-18(4,12-20)8-10-21/h5-6,11H,7-10,12,20H2,1-4H3. The van der Waals surface area contributed by atoms with Gasteiger partial charge in [0.05, 0.1) is 10.5 Å². The van der Waals surface area contributed by atoms with Crippen LogP contribution >= 0.6 is 11.6 Å². The van der Waals surface area contributed by atoms with Crippen LogP contribution in [0.2, 0.25) is 5.02 Å². The van der Waals surface area contributed by atoms with E-state index in [1.807, 2.05) is 0 Å². The molecule has 1 fully saturated rings. The largest absolute Gasteiger partial charge is 0.456 e. The monoisotopic (exact) mass is 402 g/mol. The summed E-state index contributed by atoms with van der Waals surface area (Å²) in [6.07, 6.45) is 1.36. The number of hydrogen-bond acceptors (Lipinski definition) is 5. The van der Waals surface area contributed by atoms with E-state index in [1.54, 1.807) is 20.8 Å². The van der Waals surface area contributed by atoms with Gasteiger partial charge in [-0.25, -0.2) is 13.2 Å². The van der Waals surface area contributed by atoms with Crippen molar-refractivity contribution in [3.05, 3.63) is 28.8 Å². The van der Waals surface area contributed by atoms with Crippen molar-refractivity contribution in [2.75, 3.05) is 19.6 Å². The predicted molar refractivity (Wildman–Crippen MR) is 102 cm³/mol. The number of carbonyl (C=O) groups excluding carboxylic acids is 1. The first-order valence-electron chi connectivity index (χ1n) is 8.61. The maximum atomic E-state index is 13.1. The van der Waals surface area contributed by atoms with Crippen LogP contribution in [0.1, 0.15) is 50.9 Å². The molecular weight excluding hydrogens is 376 g/mol. The molecule has 1 saturated heterocycles. The molecule has 0 unspecified atom stereocenters. The number of halogens is 1. The number of piperidine rings is 1. The van der Waals surface area contributed by atoms with Gasteiger partial charge in [0.2, 0.25) is 10.0 Å². The van der Waals surface area contributed by atoms with Crippen LogP contribution in [-0.2, 0) is 14.8 Å². The highest BCUT2D eigenvalue weighted by Crippen LogP contribution is 2.33. The lowest BCUT2D eigenvalue weighted by molar-refractivity contribution is 0.00648. The normalized spacial score (nSPS) is 18.5. The Bertz CT molecular complexity index is 779. The lowest BCUT2D eigenvalue weighted by Gasteiger charge is -2.38. The fraction of sp³-hybridized carbons (Fsp3) is 0.611. The number of hydrogen-bond donors (Lipinski definition) is 1. The summed E-state index contributed by atoms with van der Waals surface area (Å²) in [6, 6.07) is 4.18. The zero-order valence-corrected chi connectivity index (χ0v) is 17.3. The van der Waals surface area contributed by atoms with Gasteiger partial charge in [0, 0.05) is 18.1 Å². The highest BCUT2D eigenvalue weighted by molar-refractivity contribution is 7.89. The lowest BCUT2D eigenvalue weighted by Crippen LogP contribution is -2.45. The van der Waals surface area contributed by atoms with Crippen LogP contribution < -0.4 is 5.73 Å². The van der Waals surface area contributed by atoms with Gasteiger partial charge in [0.25, 0.3) is 0 Å². The summed E-state index contributed by atoms with van der Waals surface area (Å²) in [5.74, 6) is -0.706. The van der Waals surface area contributed by atoms with Crippen molar-refractivity contribution in [1.82, 2.24) is 4.31 Å². The van der Waals surface area contributed by atoms with Crippen molar-refractivity contribution in [3.8, 4) is 0 Å². The molecular formula is C18H27ClN2O4S. The van der Waals surface area contributed by atoms with Crippen LogP contribution in [0.4, 0.5) is 0 Å². The van der Waals surface area contributed by atoms with Crippen LogP contribution in [0.5, 0.6) is 0 Å². The van der Waals surface area contributed by atoms with Crippen molar-refractivity contribution in [1.29, 1.82) is 0 Å². The summed E-state index contributed by atoms with van der Waals surface area (Å²) in [6.45, 7) is 8.49. The Morgan fingerprint density at radius 2 is 1.88 bits per heavy atom. The Labute approximate surface area is 160 Å². The Balaban J connectivity index is 2.37. The average Bonchev–Trinajstić information content (AvgIpc) is 2.53. The van der Waals surface area contributed by atoms with Gasteiger partial charge in [0.1, 0.15) is 5.60 Å². The van der Waals surface area contributed by atoms with Crippen LogP contribution in [-0.4, -0.2) is 43.9 Å². The Morgan fingerprint density at radius 3 is 2.38 bits per heavy atom. The molecule has 6 nitrogen and oxygen atoms in total. The van der Waals surface area contributed by atoms with E-state index in [2.05, 4.69) is 6.92 Å². The number of ether oxygens (including phenoxy) is 1. The first-order valence-corrected chi connectivity index (χ1v) is 10.4. The zero-order valence-electron chi connectivity index (χ0n) is 15.7. The van der Waals surface area contributed by atoms with E-state index in [1.165, 1.54) is 22.5 Å². The summed E-state index contributed by atoms with van der Waals surface area (Å²) in [5.41, 5.74) is 4.96. The molecule has 0 aromatic heterocycles. The molecule has 8 heteroatoms. The summed E-state index contributed by atoms with van der Waals surface area (Å²) in [5, 5.41) is 0.277. The number of rotatable bonds is 4. The quantitative estimate of drug-likeness (QED) is 0.781. The fourth-order valence-corrected chi connectivity index (χ4v) is 4.60. The van der Waals surface area contributed by atoms with Crippen molar-refractivity contribution in [3.63, 3.8) is 0 Å². The van der Waals surface area contributed by atoms with Gasteiger partial charge in [-0.2, -0.15) is 4.31 Å². The van der Waals surface area contributed by atoms with Gasteiger partial charge < -0.3 is 10.5 Å². The van der Waals surface area contributed by atoms with E-state index >= 15 is 0 Å². The van der Waals surface area contributed by atoms with Gasteiger partial charge in [-0.3, -0.25) is 0 Å². The van der Waals surface area contributed by atoms with E-state index in [9.17, 15) is 13.2 Å². The van der Waals surface area contributed by atoms with Crippen LogP contribution in [0.15, 0.2) is 23.1 Å². The fourth-order valence-electron chi connectivity index (χ4n) is 2.83. The molecule has 1 aliphatic rings. The second-order valence-corrected chi connectivity index (χ2v) is 10.4. The number of sulfonamides is 1. The topological polar surface area (TPSA) is 89.7 Å². The molecule has 0 aliphatic carbocycles. The van der Waals surface area contributed by atoms with Crippen LogP contribution in [0, 0.1) is 5.41 Å². The van der Waals surface area contributed by atoms with Gasteiger partial charge in [-0.05, 0) is 63.8 Å². The molecule has 0 atom stereocenters. The first-order chi connectivity index (χ1) is 11.9. The molecule has 0 spiro atoms. The zero-order chi connectivity index (χ0) is 19.8. The number of nitrogens with zero attached hydrogens (tertiary/aromatic N) is 1. The maximum Gasteiger partial charge on any atom is 0.340 e. The van der Waals surface area contributed by atoms with Crippen molar-refractivity contribution in [2.45, 2.75) is 51.0 Å². The number of esters is 1. The third-order valence-electron chi connectivity index (χ3n) is 4.60. The summed E-state index contributed by atoms with van der Waals surface area (Å²) >= 11 is 5.99. The molecule has 0 bridgehead atoms. The summed E-state index contributed by atoms with van der Waals surface area (Å²) < 4.78 is 33.0. The minimum atomic E-state index is -3.84. The Hall–Kier alpha value is -1.15. The van der Waals surface area contributed by atoms with Crippen molar-refractivity contribution in [2.24, 2.45) is 11.1 Å². The Morgan fingerprint density at radius 1 is 1.31 bits per heavy atom. The SMILES string of the molecule is CC1(CN)CCN(S(=O)(=O)c2ccc(Cl)cc2C(=O)OC(C)(C)C)CC1. The summed E-state index contributed by atoms with van der Waals surface area (Å²) in [4.78, 5) is 12.5. The number of carbonyl (C=O) groups is 1. The number of benzene rings is 1. The minimum Gasteiger partial charge on any atom is -0.456 e.